The van der Waals surface area contributed by atoms with Crippen LogP contribution in [0.25, 0.3) is 33.2 Å². The highest BCUT2D eigenvalue weighted by Gasteiger charge is 2.21. The van der Waals surface area contributed by atoms with Crippen LogP contribution in [0.1, 0.15) is 16.7 Å². The number of fused-ring (bicyclic) bond motifs is 3. The third-order valence-corrected chi connectivity index (χ3v) is 4.57. The van der Waals surface area contributed by atoms with Gasteiger partial charge in [-0.1, -0.05) is 6.07 Å². The van der Waals surface area contributed by atoms with Crippen LogP contribution in [-0.2, 0) is 7.05 Å². The number of furan rings is 1. The van der Waals surface area contributed by atoms with E-state index in [4.69, 9.17) is 9.68 Å². The molecule has 0 spiro atoms. The minimum absolute atomic E-state index is 0.614. The van der Waals surface area contributed by atoms with Crippen molar-refractivity contribution in [3.05, 3.63) is 65.4 Å². The summed E-state index contributed by atoms with van der Waals surface area (Å²) in [7, 11) is 2.05. The Morgan fingerprint density at radius 1 is 1.04 bits per heavy atom. The van der Waals surface area contributed by atoms with E-state index in [1.165, 1.54) is 11.1 Å². The van der Waals surface area contributed by atoms with Crippen LogP contribution in [0, 0.1) is 25.2 Å². The van der Waals surface area contributed by atoms with Crippen molar-refractivity contribution < 1.29 is 8.98 Å². The lowest BCUT2D eigenvalue weighted by Gasteiger charge is -2.08. The summed E-state index contributed by atoms with van der Waals surface area (Å²) >= 11 is 0. The van der Waals surface area contributed by atoms with Gasteiger partial charge in [-0.05, 0) is 49.2 Å². The van der Waals surface area contributed by atoms with E-state index in [0.29, 0.717) is 5.56 Å². The maximum Gasteiger partial charge on any atom is 0.213 e. The van der Waals surface area contributed by atoms with Crippen molar-refractivity contribution >= 4 is 21.9 Å². The topological polar surface area (TPSA) is 40.8 Å². The fourth-order valence-electron chi connectivity index (χ4n) is 3.46. The molecule has 0 saturated carbocycles. The van der Waals surface area contributed by atoms with Crippen LogP contribution in [0.2, 0.25) is 0 Å². The summed E-state index contributed by atoms with van der Waals surface area (Å²) in [6, 6.07) is 16.2. The van der Waals surface area contributed by atoms with E-state index in [9.17, 15) is 0 Å². The second-order valence-electron chi connectivity index (χ2n) is 6.21. The average molecular weight is 313 g/mol. The second kappa shape index (κ2) is 5.21. The van der Waals surface area contributed by atoms with Gasteiger partial charge in [-0.25, -0.2) is 4.57 Å². The maximum absolute atomic E-state index is 9.14. The number of hydrogen-bond acceptors (Lipinski definition) is 2. The number of aromatic nitrogens is 1. The summed E-state index contributed by atoms with van der Waals surface area (Å²) in [4.78, 5) is 0. The lowest BCUT2D eigenvalue weighted by Crippen LogP contribution is -2.30. The van der Waals surface area contributed by atoms with Crippen molar-refractivity contribution in [1.29, 1.82) is 5.26 Å². The second-order valence-corrected chi connectivity index (χ2v) is 6.21. The Kier molecular flexibility index (Phi) is 3.14. The summed E-state index contributed by atoms with van der Waals surface area (Å²) < 4.78 is 8.25. The van der Waals surface area contributed by atoms with Crippen molar-refractivity contribution in [3.63, 3.8) is 0 Å². The quantitative estimate of drug-likeness (QED) is 0.483. The van der Waals surface area contributed by atoms with Gasteiger partial charge in [0.1, 0.15) is 18.2 Å². The van der Waals surface area contributed by atoms with Gasteiger partial charge < -0.3 is 4.42 Å². The highest BCUT2D eigenvalue weighted by molar-refractivity contribution is 6.13. The SMILES string of the molecule is Cc1cc(C)c2oc3cc(C#N)ccc3c2c1-c1cccc[n+]1C. The Labute approximate surface area is 140 Å². The number of nitriles is 1. The highest BCUT2D eigenvalue weighted by atomic mass is 16.3. The molecule has 0 fully saturated rings. The van der Waals surface area contributed by atoms with E-state index in [1.807, 2.05) is 24.3 Å². The lowest BCUT2D eigenvalue weighted by atomic mass is 9.95. The normalized spacial score (nSPS) is 11.1. The smallest absolute Gasteiger partial charge is 0.213 e. The Hall–Kier alpha value is -3.12. The molecule has 0 saturated heterocycles. The molecule has 4 rings (SSSR count). The molecule has 2 aromatic carbocycles. The summed E-state index contributed by atoms with van der Waals surface area (Å²) in [5.74, 6) is 0. The van der Waals surface area contributed by atoms with Crippen molar-refractivity contribution in [2.45, 2.75) is 13.8 Å². The molecule has 2 heterocycles. The van der Waals surface area contributed by atoms with Gasteiger partial charge in [-0.3, -0.25) is 0 Å². The first kappa shape index (κ1) is 14.5. The van der Waals surface area contributed by atoms with E-state index in [2.05, 4.69) is 55.9 Å². The largest absolute Gasteiger partial charge is 0.456 e. The Morgan fingerprint density at radius 2 is 1.88 bits per heavy atom. The van der Waals surface area contributed by atoms with Crippen LogP contribution < -0.4 is 4.57 Å². The molecule has 0 atom stereocenters. The minimum Gasteiger partial charge on any atom is -0.456 e. The van der Waals surface area contributed by atoms with Crippen molar-refractivity contribution in [1.82, 2.24) is 0 Å². The molecule has 0 radical (unpaired) electrons. The van der Waals surface area contributed by atoms with E-state index in [0.717, 1.165) is 33.2 Å². The molecule has 0 aliphatic heterocycles. The molecule has 0 aliphatic carbocycles. The molecule has 0 bridgehead atoms. The lowest BCUT2D eigenvalue weighted by molar-refractivity contribution is -0.660. The maximum atomic E-state index is 9.14. The van der Waals surface area contributed by atoms with Crippen molar-refractivity contribution in [2.75, 3.05) is 0 Å². The Bertz CT molecular complexity index is 1150. The number of hydrogen-bond donors (Lipinski definition) is 0. The molecule has 0 aliphatic rings. The molecule has 4 aromatic rings. The number of rotatable bonds is 1. The first-order valence-corrected chi connectivity index (χ1v) is 7.91. The Morgan fingerprint density at radius 3 is 2.62 bits per heavy atom. The van der Waals surface area contributed by atoms with Crippen molar-refractivity contribution in [3.8, 4) is 17.3 Å². The summed E-state index contributed by atoms with van der Waals surface area (Å²) in [6.45, 7) is 4.20. The standard InChI is InChI=1S/C21H17N2O/c1-13-10-14(2)21-20(19(13)17-6-4-5-9-23(17)3)16-8-7-15(12-22)11-18(16)24-21/h4-11H,1-3H3/q+1. The first-order valence-electron chi connectivity index (χ1n) is 7.91. The molecular weight excluding hydrogens is 296 g/mol. The fourth-order valence-corrected chi connectivity index (χ4v) is 3.46. The molecule has 2 aromatic heterocycles. The van der Waals surface area contributed by atoms with E-state index < -0.39 is 0 Å². The number of pyridine rings is 1. The van der Waals surface area contributed by atoms with E-state index in [-0.39, 0.29) is 0 Å². The molecule has 24 heavy (non-hydrogen) atoms. The van der Waals surface area contributed by atoms with Crippen LogP contribution in [-0.4, -0.2) is 0 Å². The molecule has 3 nitrogen and oxygen atoms in total. The third kappa shape index (κ3) is 2.00. The zero-order valence-electron chi connectivity index (χ0n) is 13.9. The molecular formula is C21H17N2O+. The predicted octanol–water partition coefficient (Wildman–Crippen LogP) is 4.57. The van der Waals surface area contributed by atoms with Crippen molar-refractivity contribution in [2.24, 2.45) is 7.05 Å². The van der Waals surface area contributed by atoms with Gasteiger partial charge >= 0.3 is 0 Å². The van der Waals surface area contributed by atoms with Gasteiger partial charge in [0.15, 0.2) is 6.20 Å². The van der Waals surface area contributed by atoms with Gasteiger partial charge in [0.2, 0.25) is 5.69 Å². The molecule has 0 N–H and O–H groups in total. The van der Waals surface area contributed by atoms with Crippen LogP contribution in [0.5, 0.6) is 0 Å². The van der Waals surface area contributed by atoms with Crippen LogP contribution in [0.4, 0.5) is 0 Å². The minimum atomic E-state index is 0.614. The van der Waals surface area contributed by atoms with Crippen LogP contribution >= 0.6 is 0 Å². The highest BCUT2D eigenvalue weighted by Crippen LogP contribution is 2.39. The number of nitrogens with zero attached hydrogens (tertiary/aromatic N) is 2. The van der Waals surface area contributed by atoms with Gasteiger partial charge in [0.05, 0.1) is 17.2 Å². The molecule has 0 amide bonds. The van der Waals surface area contributed by atoms with E-state index >= 15 is 0 Å². The molecule has 0 unspecified atom stereocenters. The first-order chi connectivity index (χ1) is 11.6. The monoisotopic (exact) mass is 313 g/mol. The summed E-state index contributed by atoms with van der Waals surface area (Å²) in [6.07, 6.45) is 2.05. The average Bonchev–Trinajstić information content (AvgIpc) is 2.95. The number of benzene rings is 2. The summed E-state index contributed by atoms with van der Waals surface area (Å²) in [5, 5.41) is 11.3. The van der Waals surface area contributed by atoms with E-state index in [1.54, 1.807) is 0 Å². The van der Waals surface area contributed by atoms with Crippen LogP contribution in [0.3, 0.4) is 0 Å². The van der Waals surface area contributed by atoms with Gasteiger partial charge in [0, 0.05) is 22.9 Å². The Balaban J connectivity index is 2.21. The number of aryl methyl sites for hydroxylation is 3. The fraction of sp³-hybridized carbons (Fsp3) is 0.143. The molecule has 116 valence electrons. The van der Waals surface area contributed by atoms with Gasteiger partial charge in [-0.15, -0.1) is 0 Å². The third-order valence-electron chi connectivity index (χ3n) is 4.57. The zero-order valence-corrected chi connectivity index (χ0v) is 13.9. The van der Waals surface area contributed by atoms with Crippen LogP contribution in [0.15, 0.2) is 53.1 Å². The van der Waals surface area contributed by atoms with Gasteiger partial charge in [0.25, 0.3) is 0 Å². The summed E-state index contributed by atoms with van der Waals surface area (Å²) in [5.41, 5.74) is 6.92. The predicted molar refractivity (Wildman–Crippen MR) is 94.5 cm³/mol. The van der Waals surface area contributed by atoms with Gasteiger partial charge in [-0.2, -0.15) is 5.26 Å². The molecule has 3 heteroatoms. The zero-order chi connectivity index (χ0) is 16.8.